The van der Waals surface area contributed by atoms with E-state index in [1.54, 1.807) is 19.0 Å². The van der Waals surface area contributed by atoms with E-state index in [4.69, 9.17) is 0 Å². The average Bonchev–Trinajstić information content (AvgIpc) is 2.70. The van der Waals surface area contributed by atoms with Crippen LogP contribution in [0.5, 0.6) is 0 Å². The van der Waals surface area contributed by atoms with E-state index >= 15 is 0 Å². The first-order chi connectivity index (χ1) is 13.0. The Kier molecular flexibility index (Phi) is 11.2. The van der Waals surface area contributed by atoms with Gasteiger partial charge in [-0.3, -0.25) is 9.78 Å². The van der Waals surface area contributed by atoms with Gasteiger partial charge in [-0.2, -0.15) is 0 Å². The molecule has 158 valence electrons. The minimum absolute atomic E-state index is 0. The number of carbonyl (C=O) groups is 1. The summed E-state index contributed by atoms with van der Waals surface area (Å²) in [6.07, 6.45) is 7.29. The molecule has 0 bridgehead atoms. The molecule has 1 saturated heterocycles. The van der Waals surface area contributed by atoms with Crippen molar-refractivity contribution in [1.82, 2.24) is 20.1 Å². The number of carbonyl (C=O) groups excluding carboxylic acids is 1. The number of likely N-dealkylation sites (N-methyl/N-ethyl adjacent to an activating group) is 1. The van der Waals surface area contributed by atoms with Gasteiger partial charge in [0.1, 0.15) is 6.54 Å². The van der Waals surface area contributed by atoms with E-state index in [0.29, 0.717) is 0 Å². The summed E-state index contributed by atoms with van der Waals surface area (Å²) in [5.41, 5.74) is 1.27. The van der Waals surface area contributed by atoms with Gasteiger partial charge in [0.2, 0.25) is 5.91 Å². The van der Waals surface area contributed by atoms with Crippen LogP contribution >= 0.6 is 24.0 Å². The molecule has 0 saturated carbocycles. The van der Waals surface area contributed by atoms with Crippen molar-refractivity contribution in [1.29, 1.82) is 0 Å². The van der Waals surface area contributed by atoms with Crippen molar-refractivity contribution in [2.24, 2.45) is 10.9 Å². The van der Waals surface area contributed by atoms with Crippen LogP contribution in [-0.4, -0.2) is 80.5 Å². The number of hydrogen-bond donors (Lipinski definition) is 1. The lowest BCUT2D eigenvalue weighted by atomic mass is 9.93. The molecule has 1 aliphatic rings. The molecule has 1 aromatic heterocycles. The Morgan fingerprint density at radius 3 is 2.46 bits per heavy atom. The monoisotopic (exact) mass is 502 g/mol. The van der Waals surface area contributed by atoms with Gasteiger partial charge in [-0.25, -0.2) is 4.99 Å². The number of amides is 1. The third kappa shape index (κ3) is 7.81. The Morgan fingerprint density at radius 1 is 1.25 bits per heavy atom. The van der Waals surface area contributed by atoms with E-state index in [1.165, 1.54) is 18.5 Å². The summed E-state index contributed by atoms with van der Waals surface area (Å²) < 4.78 is 0. The van der Waals surface area contributed by atoms with E-state index in [1.807, 2.05) is 26.4 Å². The SMILES string of the molecule is CCNC(=NCC(=O)N(C)C)N(C)CCC1CCN(c2ccncc2)CC1.I. The van der Waals surface area contributed by atoms with E-state index < -0.39 is 0 Å². The van der Waals surface area contributed by atoms with Gasteiger partial charge < -0.3 is 20.0 Å². The Labute approximate surface area is 186 Å². The molecule has 2 rings (SSSR count). The van der Waals surface area contributed by atoms with E-state index in [9.17, 15) is 4.79 Å². The van der Waals surface area contributed by atoms with Crippen molar-refractivity contribution < 1.29 is 4.79 Å². The van der Waals surface area contributed by atoms with Crippen LogP contribution in [0.4, 0.5) is 5.69 Å². The lowest BCUT2D eigenvalue weighted by Gasteiger charge is -2.34. The minimum atomic E-state index is 0. The number of guanidine groups is 1. The van der Waals surface area contributed by atoms with Crippen LogP contribution in [-0.2, 0) is 4.79 Å². The van der Waals surface area contributed by atoms with Crippen LogP contribution in [0.1, 0.15) is 26.2 Å². The van der Waals surface area contributed by atoms with Crippen LogP contribution in [0.15, 0.2) is 29.5 Å². The number of nitrogens with zero attached hydrogens (tertiary/aromatic N) is 5. The molecule has 28 heavy (non-hydrogen) atoms. The maximum atomic E-state index is 11.8. The first-order valence-electron chi connectivity index (χ1n) is 9.85. The molecule has 0 atom stereocenters. The van der Waals surface area contributed by atoms with Gasteiger partial charge in [0.15, 0.2) is 5.96 Å². The van der Waals surface area contributed by atoms with E-state index in [0.717, 1.165) is 44.5 Å². The predicted octanol–water partition coefficient (Wildman–Crippen LogP) is 2.29. The third-order valence-electron chi connectivity index (χ3n) is 5.07. The van der Waals surface area contributed by atoms with Gasteiger partial charge in [-0.15, -0.1) is 24.0 Å². The third-order valence-corrected chi connectivity index (χ3v) is 5.07. The molecule has 0 spiro atoms. The molecular weight excluding hydrogens is 467 g/mol. The van der Waals surface area contributed by atoms with Crippen LogP contribution in [0, 0.1) is 5.92 Å². The second-order valence-electron chi connectivity index (χ2n) is 7.30. The zero-order valence-corrected chi connectivity index (χ0v) is 19.9. The van der Waals surface area contributed by atoms with Crippen LogP contribution in [0.3, 0.4) is 0 Å². The van der Waals surface area contributed by atoms with Crippen molar-refractivity contribution >= 4 is 41.5 Å². The fraction of sp³-hybridized carbons (Fsp3) is 0.650. The lowest BCUT2D eigenvalue weighted by molar-refractivity contribution is -0.127. The van der Waals surface area contributed by atoms with Gasteiger partial charge in [-0.05, 0) is 44.2 Å². The Balaban J connectivity index is 0.00000392. The van der Waals surface area contributed by atoms with Gasteiger partial charge in [0.05, 0.1) is 0 Å². The number of piperidine rings is 1. The summed E-state index contributed by atoms with van der Waals surface area (Å²) in [6.45, 7) is 6.18. The van der Waals surface area contributed by atoms with Crippen molar-refractivity contribution in [3.8, 4) is 0 Å². The first-order valence-corrected chi connectivity index (χ1v) is 9.85. The number of pyridine rings is 1. The smallest absolute Gasteiger partial charge is 0.243 e. The standard InChI is InChI=1S/C20H34N6O.HI/c1-5-22-20(23-16-19(27)24(2)3)25(4)13-8-17-9-14-26(15-10-17)18-6-11-21-12-7-18;/h6-7,11-12,17H,5,8-10,13-16H2,1-4H3,(H,22,23);1H. The van der Waals surface area contributed by atoms with Crippen LogP contribution in [0.2, 0.25) is 0 Å². The molecule has 0 unspecified atom stereocenters. The molecule has 8 heteroatoms. The average molecular weight is 502 g/mol. The summed E-state index contributed by atoms with van der Waals surface area (Å²) in [5, 5.41) is 3.28. The Bertz CT molecular complexity index is 602. The van der Waals surface area contributed by atoms with Crippen molar-refractivity contribution in [2.75, 3.05) is 58.8 Å². The number of aromatic nitrogens is 1. The van der Waals surface area contributed by atoms with Gasteiger partial charge in [0, 0.05) is 65.4 Å². The van der Waals surface area contributed by atoms with Crippen molar-refractivity contribution in [3.05, 3.63) is 24.5 Å². The highest BCUT2D eigenvalue weighted by Gasteiger charge is 2.20. The van der Waals surface area contributed by atoms with Gasteiger partial charge in [0.25, 0.3) is 0 Å². The van der Waals surface area contributed by atoms with Crippen molar-refractivity contribution in [2.45, 2.75) is 26.2 Å². The number of nitrogens with one attached hydrogen (secondary N) is 1. The summed E-state index contributed by atoms with van der Waals surface area (Å²) in [6, 6.07) is 4.17. The Morgan fingerprint density at radius 2 is 1.89 bits per heavy atom. The maximum Gasteiger partial charge on any atom is 0.243 e. The fourth-order valence-corrected chi connectivity index (χ4v) is 3.27. The lowest BCUT2D eigenvalue weighted by Crippen LogP contribution is -2.41. The van der Waals surface area contributed by atoms with E-state index in [2.05, 4.69) is 37.2 Å². The summed E-state index contributed by atoms with van der Waals surface area (Å²) >= 11 is 0. The Hall–Kier alpha value is -1.58. The molecule has 0 radical (unpaired) electrons. The largest absolute Gasteiger partial charge is 0.371 e. The number of aliphatic imine (C=N–C) groups is 1. The number of halogens is 1. The minimum Gasteiger partial charge on any atom is -0.371 e. The molecule has 1 amide bonds. The molecule has 1 N–H and O–H groups in total. The zero-order chi connectivity index (χ0) is 19.6. The summed E-state index contributed by atoms with van der Waals surface area (Å²) in [5.74, 6) is 1.56. The molecule has 0 aromatic carbocycles. The van der Waals surface area contributed by atoms with Gasteiger partial charge >= 0.3 is 0 Å². The topological polar surface area (TPSA) is 64.1 Å². The highest BCUT2D eigenvalue weighted by Crippen LogP contribution is 2.24. The molecule has 1 aromatic rings. The van der Waals surface area contributed by atoms with E-state index in [-0.39, 0.29) is 36.4 Å². The van der Waals surface area contributed by atoms with Crippen LogP contribution in [0.25, 0.3) is 0 Å². The van der Waals surface area contributed by atoms with Crippen LogP contribution < -0.4 is 10.2 Å². The highest BCUT2D eigenvalue weighted by molar-refractivity contribution is 14.0. The van der Waals surface area contributed by atoms with Crippen molar-refractivity contribution in [3.63, 3.8) is 0 Å². The second-order valence-corrected chi connectivity index (χ2v) is 7.30. The predicted molar refractivity (Wildman–Crippen MR) is 127 cm³/mol. The molecule has 2 heterocycles. The number of anilines is 1. The second kappa shape index (κ2) is 12.8. The highest BCUT2D eigenvalue weighted by atomic mass is 127. The molecule has 7 nitrogen and oxygen atoms in total. The fourth-order valence-electron chi connectivity index (χ4n) is 3.27. The molecule has 1 fully saturated rings. The number of hydrogen-bond acceptors (Lipinski definition) is 4. The normalized spacial score (nSPS) is 15.0. The maximum absolute atomic E-state index is 11.8. The number of rotatable bonds is 7. The quantitative estimate of drug-likeness (QED) is 0.352. The molecule has 0 aliphatic carbocycles. The summed E-state index contributed by atoms with van der Waals surface area (Å²) in [4.78, 5) is 26.5. The molecule has 1 aliphatic heterocycles. The zero-order valence-electron chi connectivity index (χ0n) is 17.6. The van der Waals surface area contributed by atoms with Gasteiger partial charge in [-0.1, -0.05) is 0 Å². The molecular formula is C20H35IN6O. The summed E-state index contributed by atoms with van der Waals surface area (Å²) in [7, 11) is 5.56. The first kappa shape index (κ1) is 24.5.